The van der Waals surface area contributed by atoms with Crippen molar-refractivity contribution in [1.29, 1.82) is 0 Å². The summed E-state index contributed by atoms with van der Waals surface area (Å²) < 4.78 is 0. The van der Waals surface area contributed by atoms with Crippen LogP contribution in [-0.2, 0) is 6.42 Å². The van der Waals surface area contributed by atoms with Crippen LogP contribution in [0.15, 0.2) is 29.4 Å². The zero-order chi connectivity index (χ0) is 15.6. The molecule has 22 heavy (non-hydrogen) atoms. The van der Waals surface area contributed by atoms with E-state index in [-0.39, 0.29) is 0 Å². The Morgan fingerprint density at radius 1 is 1.27 bits per heavy atom. The summed E-state index contributed by atoms with van der Waals surface area (Å²) in [6.07, 6.45) is 6.63. The van der Waals surface area contributed by atoms with Gasteiger partial charge in [-0.1, -0.05) is 6.07 Å². The van der Waals surface area contributed by atoms with E-state index in [2.05, 4.69) is 38.6 Å². The molecule has 1 saturated heterocycles. The molecule has 1 aromatic rings. The van der Waals surface area contributed by atoms with E-state index in [0.29, 0.717) is 0 Å². The van der Waals surface area contributed by atoms with E-state index in [1.165, 1.54) is 32.4 Å². The lowest BCUT2D eigenvalue weighted by atomic mass is 9.94. The van der Waals surface area contributed by atoms with Crippen LogP contribution in [0.1, 0.15) is 25.0 Å². The third-order valence-electron chi connectivity index (χ3n) is 4.31. The minimum Gasteiger partial charge on any atom is -0.356 e. The van der Waals surface area contributed by atoms with Crippen molar-refractivity contribution in [2.24, 2.45) is 10.9 Å². The maximum atomic E-state index is 4.33. The van der Waals surface area contributed by atoms with Crippen LogP contribution in [0, 0.1) is 5.92 Å². The van der Waals surface area contributed by atoms with Gasteiger partial charge in [0, 0.05) is 38.4 Å². The first-order valence-corrected chi connectivity index (χ1v) is 8.31. The largest absolute Gasteiger partial charge is 0.356 e. The first kappa shape index (κ1) is 16.7. The Kier molecular flexibility index (Phi) is 7.16. The summed E-state index contributed by atoms with van der Waals surface area (Å²) in [4.78, 5) is 11.0. The lowest BCUT2D eigenvalue weighted by molar-refractivity contribution is 0.213. The molecular formula is C17H29N5. The van der Waals surface area contributed by atoms with Crippen LogP contribution in [0.3, 0.4) is 0 Å². The van der Waals surface area contributed by atoms with Crippen LogP contribution in [0.25, 0.3) is 0 Å². The maximum Gasteiger partial charge on any atom is 0.190 e. The van der Waals surface area contributed by atoms with E-state index >= 15 is 0 Å². The molecule has 0 unspecified atom stereocenters. The Balaban J connectivity index is 1.59. The molecule has 0 aromatic carbocycles. The molecule has 1 aromatic heterocycles. The van der Waals surface area contributed by atoms with Gasteiger partial charge in [0.05, 0.1) is 0 Å². The Hall–Kier alpha value is -1.62. The zero-order valence-corrected chi connectivity index (χ0v) is 13.9. The standard InChI is InChI=1S/C17H29N5/c1-18-17(21-12-7-16-5-3-4-10-19-16)20-11-6-15-8-13-22(2)14-9-15/h3-5,10,15H,6-9,11-14H2,1-2H3,(H2,18,20,21). The van der Waals surface area contributed by atoms with Crippen LogP contribution in [-0.4, -0.2) is 56.1 Å². The summed E-state index contributed by atoms with van der Waals surface area (Å²) in [5, 5.41) is 6.77. The molecule has 0 saturated carbocycles. The van der Waals surface area contributed by atoms with Crippen molar-refractivity contribution in [3.63, 3.8) is 0 Å². The van der Waals surface area contributed by atoms with Gasteiger partial charge in [-0.3, -0.25) is 9.98 Å². The van der Waals surface area contributed by atoms with Crippen LogP contribution >= 0.6 is 0 Å². The zero-order valence-electron chi connectivity index (χ0n) is 13.9. The molecule has 122 valence electrons. The van der Waals surface area contributed by atoms with E-state index in [1.807, 2.05) is 25.4 Å². The number of nitrogens with one attached hydrogen (secondary N) is 2. The van der Waals surface area contributed by atoms with Gasteiger partial charge >= 0.3 is 0 Å². The van der Waals surface area contributed by atoms with Crippen molar-refractivity contribution in [3.8, 4) is 0 Å². The molecule has 0 radical (unpaired) electrons. The fourth-order valence-corrected chi connectivity index (χ4v) is 2.82. The van der Waals surface area contributed by atoms with Gasteiger partial charge in [0.15, 0.2) is 5.96 Å². The molecule has 5 nitrogen and oxygen atoms in total. The van der Waals surface area contributed by atoms with E-state index in [4.69, 9.17) is 0 Å². The SMILES string of the molecule is CN=C(NCCc1ccccn1)NCCC1CCN(C)CC1. The normalized spacial score (nSPS) is 17.5. The third-order valence-corrected chi connectivity index (χ3v) is 4.31. The topological polar surface area (TPSA) is 52.6 Å². The summed E-state index contributed by atoms with van der Waals surface area (Å²) in [5.41, 5.74) is 1.11. The summed E-state index contributed by atoms with van der Waals surface area (Å²) >= 11 is 0. The van der Waals surface area contributed by atoms with Gasteiger partial charge in [-0.05, 0) is 57.5 Å². The summed E-state index contributed by atoms with van der Waals surface area (Å²) in [6.45, 7) is 4.33. The lowest BCUT2D eigenvalue weighted by Gasteiger charge is -2.29. The molecule has 1 aliphatic rings. The second kappa shape index (κ2) is 9.41. The first-order valence-electron chi connectivity index (χ1n) is 8.31. The highest BCUT2D eigenvalue weighted by atomic mass is 15.2. The van der Waals surface area contributed by atoms with Crippen molar-refractivity contribution in [2.45, 2.75) is 25.7 Å². The molecule has 2 rings (SSSR count). The molecule has 0 bridgehead atoms. The highest BCUT2D eigenvalue weighted by Crippen LogP contribution is 2.18. The van der Waals surface area contributed by atoms with Gasteiger partial charge in [-0.2, -0.15) is 0 Å². The lowest BCUT2D eigenvalue weighted by Crippen LogP contribution is -2.40. The minimum absolute atomic E-state index is 0.852. The molecule has 0 atom stereocenters. The van der Waals surface area contributed by atoms with E-state index in [9.17, 15) is 0 Å². The van der Waals surface area contributed by atoms with Gasteiger partial charge in [-0.15, -0.1) is 0 Å². The van der Waals surface area contributed by atoms with Gasteiger partial charge in [0.25, 0.3) is 0 Å². The van der Waals surface area contributed by atoms with E-state index in [0.717, 1.165) is 37.1 Å². The Labute approximate surface area is 134 Å². The first-order chi connectivity index (χ1) is 10.8. The number of rotatable bonds is 6. The second-order valence-electron chi connectivity index (χ2n) is 6.03. The maximum absolute atomic E-state index is 4.33. The van der Waals surface area contributed by atoms with Crippen molar-refractivity contribution >= 4 is 5.96 Å². The Morgan fingerprint density at radius 2 is 2.05 bits per heavy atom. The number of guanidine groups is 1. The fourth-order valence-electron chi connectivity index (χ4n) is 2.82. The molecule has 1 fully saturated rings. The predicted octanol–water partition coefficient (Wildman–Crippen LogP) is 1.52. The smallest absolute Gasteiger partial charge is 0.190 e. The number of piperidine rings is 1. The third kappa shape index (κ3) is 6.02. The van der Waals surface area contributed by atoms with Crippen LogP contribution in [0.5, 0.6) is 0 Å². The predicted molar refractivity (Wildman–Crippen MR) is 92.1 cm³/mol. The molecule has 0 amide bonds. The molecule has 2 N–H and O–H groups in total. The van der Waals surface area contributed by atoms with Crippen molar-refractivity contribution in [3.05, 3.63) is 30.1 Å². The van der Waals surface area contributed by atoms with Gasteiger partial charge in [0.1, 0.15) is 0 Å². The number of aromatic nitrogens is 1. The van der Waals surface area contributed by atoms with Gasteiger partial charge in [0.2, 0.25) is 0 Å². The summed E-state index contributed by atoms with van der Waals surface area (Å²) in [7, 11) is 4.04. The number of pyridine rings is 1. The number of hydrogen-bond donors (Lipinski definition) is 2. The molecule has 1 aliphatic heterocycles. The Morgan fingerprint density at radius 3 is 2.73 bits per heavy atom. The molecule has 5 heteroatoms. The van der Waals surface area contributed by atoms with E-state index < -0.39 is 0 Å². The van der Waals surface area contributed by atoms with Gasteiger partial charge < -0.3 is 15.5 Å². The van der Waals surface area contributed by atoms with Crippen LogP contribution in [0.4, 0.5) is 0 Å². The molecular weight excluding hydrogens is 274 g/mol. The quantitative estimate of drug-likeness (QED) is 0.618. The summed E-state index contributed by atoms with van der Waals surface area (Å²) in [6, 6.07) is 6.02. The molecule has 2 heterocycles. The number of hydrogen-bond acceptors (Lipinski definition) is 3. The summed E-state index contributed by atoms with van der Waals surface area (Å²) in [5.74, 6) is 1.75. The number of nitrogens with zero attached hydrogens (tertiary/aromatic N) is 3. The average Bonchev–Trinajstić information content (AvgIpc) is 2.56. The highest BCUT2D eigenvalue weighted by Gasteiger charge is 2.16. The average molecular weight is 303 g/mol. The highest BCUT2D eigenvalue weighted by molar-refractivity contribution is 5.79. The minimum atomic E-state index is 0.852. The monoisotopic (exact) mass is 303 g/mol. The fraction of sp³-hybridized carbons (Fsp3) is 0.647. The molecule has 0 spiro atoms. The van der Waals surface area contributed by atoms with Crippen molar-refractivity contribution in [2.75, 3.05) is 40.3 Å². The second-order valence-corrected chi connectivity index (χ2v) is 6.03. The number of likely N-dealkylation sites (tertiary alicyclic amines) is 1. The van der Waals surface area contributed by atoms with E-state index in [1.54, 1.807) is 0 Å². The van der Waals surface area contributed by atoms with Crippen LogP contribution in [0.2, 0.25) is 0 Å². The Bertz CT molecular complexity index is 438. The van der Waals surface area contributed by atoms with Crippen molar-refractivity contribution in [1.82, 2.24) is 20.5 Å². The van der Waals surface area contributed by atoms with Crippen LogP contribution < -0.4 is 10.6 Å². The molecule has 0 aliphatic carbocycles. The number of aliphatic imine (C=N–C) groups is 1. The van der Waals surface area contributed by atoms with Crippen molar-refractivity contribution < 1.29 is 0 Å². The van der Waals surface area contributed by atoms with Gasteiger partial charge in [-0.25, -0.2) is 0 Å².